The molecule has 2 N–H and O–H groups in total. The van der Waals surface area contributed by atoms with Crippen molar-refractivity contribution in [2.24, 2.45) is 5.92 Å². The van der Waals surface area contributed by atoms with Gasteiger partial charge in [0.2, 0.25) is 0 Å². The molecular formula is C10H25NO. The molecule has 2 nitrogen and oxygen atoms in total. The van der Waals surface area contributed by atoms with Gasteiger partial charge >= 0.3 is 0 Å². The second-order valence-corrected chi connectivity index (χ2v) is 2.89. The molecule has 0 fully saturated rings. The number of aliphatic hydroxyl groups is 1. The lowest BCUT2D eigenvalue weighted by Crippen LogP contribution is -2.08. The van der Waals surface area contributed by atoms with E-state index in [1.54, 1.807) is 0 Å². The smallest absolute Gasteiger partial charge is 0.0456 e. The van der Waals surface area contributed by atoms with Gasteiger partial charge in [-0.05, 0) is 32.4 Å². The third kappa shape index (κ3) is 12.6. The lowest BCUT2D eigenvalue weighted by atomic mass is 10.1. The van der Waals surface area contributed by atoms with Crippen molar-refractivity contribution in [3.05, 3.63) is 0 Å². The van der Waals surface area contributed by atoms with Crippen LogP contribution in [0.3, 0.4) is 0 Å². The summed E-state index contributed by atoms with van der Waals surface area (Å²) >= 11 is 0. The standard InChI is InChI=1S/C8H19NO.C2H6/c1-8(7-10)5-3-4-6-9-2;1-2/h8-10H,3-7H2,1-2H3;1-2H3. The van der Waals surface area contributed by atoms with E-state index < -0.39 is 0 Å². The molecular weight excluding hydrogens is 150 g/mol. The Labute approximate surface area is 77.4 Å². The highest BCUT2D eigenvalue weighted by Crippen LogP contribution is 2.05. The van der Waals surface area contributed by atoms with Crippen LogP contribution in [-0.4, -0.2) is 25.3 Å². The van der Waals surface area contributed by atoms with Gasteiger partial charge in [-0.25, -0.2) is 0 Å². The van der Waals surface area contributed by atoms with Gasteiger partial charge in [0.05, 0.1) is 0 Å². The minimum atomic E-state index is 0.333. The molecule has 0 rings (SSSR count). The van der Waals surface area contributed by atoms with E-state index in [9.17, 15) is 0 Å². The third-order valence-corrected chi connectivity index (χ3v) is 1.69. The highest BCUT2D eigenvalue weighted by atomic mass is 16.3. The highest BCUT2D eigenvalue weighted by molar-refractivity contribution is 4.51. The molecule has 0 aromatic heterocycles. The van der Waals surface area contributed by atoms with Crippen molar-refractivity contribution in [3.63, 3.8) is 0 Å². The molecule has 0 radical (unpaired) electrons. The van der Waals surface area contributed by atoms with Crippen LogP contribution in [0.2, 0.25) is 0 Å². The molecule has 0 bridgehead atoms. The van der Waals surface area contributed by atoms with Gasteiger partial charge in [0, 0.05) is 6.61 Å². The van der Waals surface area contributed by atoms with E-state index in [0.717, 1.165) is 13.0 Å². The first-order valence-corrected chi connectivity index (χ1v) is 5.06. The Kier molecular flexibility index (Phi) is 16.3. The zero-order valence-corrected chi connectivity index (χ0v) is 9.06. The summed E-state index contributed by atoms with van der Waals surface area (Å²) < 4.78 is 0. The van der Waals surface area contributed by atoms with Crippen LogP contribution < -0.4 is 5.32 Å². The number of aliphatic hydroxyl groups excluding tert-OH is 1. The molecule has 0 aliphatic carbocycles. The van der Waals surface area contributed by atoms with Crippen LogP contribution in [0.25, 0.3) is 0 Å². The summed E-state index contributed by atoms with van der Waals surface area (Å²) in [5, 5.41) is 11.8. The van der Waals surface area contributed by atoms with Gasteiger partial charge in [-0.15, -0.1) is 0 Å². The molecule has 1 atom stereocenters. The van der Waals surface area contributed by atoms with Crippen LogP contribution in [0, 0.1) is 5.92 Å². The second-order valence-electron chi connectivity index (χ2n) is 2.89. The van der Waals surface area contributed by atoms with Crippen LogP contribution in [0.1, 0.15) is 40.0 Å². The van der Waals surface area contributed by atoms with E-state index in [4.69, 9.17) is 5.11 Å². The van der Waals surface area contributed by atoms with Crippen LogP contribution in [-0.2, 0) is 0 Å². The Morgan fingerprint density at radius 1 is 1.25 bits per heavy atom. The van der Waals surface area contributed by atoms with Crippen molar-refractivity contribution < 1.29 is 5.11 Å². The lowest BCUT2D eigenvalue weighted by molar-refractivity contribution is 0.227. The van der Waals surface area contributed by atoms with Crippen LogP contribution in [0.4, 0.5) is 0 Å². The Morgan fingerprint density at radius 3 is 2.25 bits per heavy atom. The Bertz CT molecular complexity index is 66.9. The van der Waals surface area contributed by atoms with Crippen LogP contribution in [0.15, 0.2) is 0 Å². The number of rotatable bonds is 6. The molecule has 0 heterocycles. The van der Waals surface area contributed by atoms with E-state index >= 15 is 0 Å². The fraction of sp³-hybridized carbons (Fsp3) is 1.00. The molecule has 0 aromatic carbocycles. The summed E-state index contributed by atoms with van der Waals surface area (Å²) in [6.45, 7) is 7.51. The van der Waals surface area contributed by atoms with E-state index in [0.29, 0.717) is 12.5 Å². The molecule has 2 heteroatoms. The maximum atomic E-state index is 8.68. The maximum absolute atomic E-state index is 8.68. The molecule has 0 aliphatic heterocycles. The van der Waals surface area contributed by atoms with Gasteiger partial charge in [0.25, 0.3) is 0 Å². The maximum Gasteiger partial charge on any atom is 0.0456 e. The predicted molar refractivity (Wildman–Crippen MR) is 55.4 cm³/mol. The van der Waals surface area contributed by atoms with Crippen molar-refractivity contribution in [1.29, 1.82) is 0 Å². The van der Waals surface area contributed by atoms with Gasteiger partial charge in [0.15, 0.2) is 0 Å². The summed E-state index contributed by atoms with van der Waals surface area (Å²) in [4.78, 5) is 0. The zero-order valence-electron chi connectivity index (χ0n) is 9.06. The minimum absolute atomic E-state index is 0.333. The summed E-state index contributed by atoms with van der Waals surface area (Å²) in [5.41, 5.74) is 0. The average molecular weight is 175 g/mol. The summed E-state index contributed by atoms with van der Waals surface area (Å²) in [6.07, 6.45) is 3.60. The van der Waals surface area contributed by atoms with E-state index in [1.165, 1.54) is 12.8 Å². The molecule has 0 saturated carbocycles. The van der Waals surface area contributed by atoms with E-state index in [1.807, 2.05) is 20.9 Å². The average Bonchev–Trinajstić information content (AvgIpc) is 2.15. The van der Waals surface area contributed by atoms with Crippen LogP contribution in [0.5, 0.6) is 0 Å². The van der Waals surface area contributed by atoms with Gasteiger partial charge in [0.1, 0.15) is 0 Å². The monoisotopic (exact) mass is 175 g/mol. The van der Waals surface area contributed by atoms with E-state index in [-0.39, 0.29) is 0 Å². The molecule has 0 spiro atoms. The molecule has 76 valence electrons. The fourth-order valence-electron chi connectivity index (χ4n) is 0.886. The number of unbranched alkanes of at least 4 members (excludes halogenated alkanes) is 1. The van der Waals surface area contributed by atoms with Crippen LogP contribution >= 0.6 is 0 Å². The lowest BCUT2D eigenvalue weighted by Gasteiger charge is -2.05. The number of hydrogen-bond donors (Lipinski definition) is 2. The van der Waals surface area contributed by atoms with Gasteiger partial charge in [-0.3, -0.25) is 0 Å². The number of hydrogen-bond acceptors (Lipinski definition) is 2. The van der Waals surface area contributed by atoms with Gasteiger partial charge in [-0.1, -0.05) is 27.2 Å². The van der Waals surface area contributed by atoms with Crippen molar-refractivity contribution in [1.82, 2.24) is 5.32 Å². The van der Waals surface area contributed by atoms with Crippen molar-refractivity contribution in [2.45, 2.75) is 40.0 Å². The predicted octanol–water partition coefficient (Wildman–Crippen LogP) is 2.03. The molecule has 0 aromatic rings. The minimum Gasteiger partial charge on any atom is -0.396 e. The largest absolute Gasteiger partial charge is 0.396 e. The SMILES string of the molecule is CC.CNCCCCC(C)CO. The first-order chi connectivity index (χ1) is 5.81. The second kappa shape index (κ2) is 13.5. The molecule has 12 heavy (non-hydrogen) atoms. The Hall–Kier alpha value is -0.0800. The molecule has 0 saturated heterocycles. The Balaban J connectivity index is 0. The quantitative estimate of drug-likeness (QED) is 0.605. The summed E-state index contributed by atoms with van der Waals surface area (Å²) in [7, 11) is 1.97. The van der Waals surface area contributed by atoms with Crippen molar-refractivity contribution >= 4 is 0 Å². The topological polar surface area (TPSA) is 32.3 Å². The Morgan fingerprint density at radius 2 is 1.83 bits per heavy atom. The first-order valence-electron chi connectivity index (χ1n) is 5.06. The molecule has 0 aliphatic rings. The summed E-state index contributed by atoms with van der Waals surface area (Å²) in [5.74, 6) is 0.483. The third-order valence-electron chi connectivity index (χ3n) is 1.69. The number of nitrogens with one attached hydrogen (secondary N) is 1. The normalized spacial score (nSPS) is 11.8. The van der Waals surface area contributed by atoms with E-state index in [2.05, 4.69) is 12.2 Å². The highest BCUT2D eigenvalue weighted by Gasteiger charge is 1.97. The first kappa shape index (κ1) is 14.4. The van der Waals surface area contributed by atoms with Gasteiger partial charge < -0.3 is 10.4 Å². The fourth-order valence-corrected chi connectivity index (χ4v) is 0.886. The molecule has 1 unspecified atom stereocenters. The van der Waals surface area contributed by atoms with Gasteiger partial charge in [-0.2, -0.15) is 0 Å². The van der Waals surface area contributed by atoms with Crippen molar-refractivity contribution in [2.75, 3.05) is 20.2 Å². The zero-order chi connectivity index (χ0) is 9.82. The molecule has 0 amide bonds. The summed E-state index contributed by atoms with van der Waals surface area (Å²) in [6, 6.07) is 0. The van der Waals surface area contributed by atoms with Crippen molar-refractivity contribution in [3.8, 4) is 0 Å².